The zero-order chi connectivity index (χ0) is 21.1. The summed E-state index contributed by atoms with van der Waals surface area (Å²) >= 11 is 6.86. The summed E-state index contributed by atoms with van der Waals surface area (Å²) in [5, 5.41) is 0. The standard InChI is InChI=1S/C22H41O3PS2/c1-14(2)18-10-8-16(5)20(12-18)24-26(23,22(27)28-7)25-21-13-19(15(3)4)11-9-17(21)6/h14-21H,8-13H2,1-7H3. The summed E-state index contributed by atoms with van der Waals surface area (Å²) in [5.41, 5.74) is 0. The van der Waals surface area contributed by atoms with Gasteiger partial charge in [-0.25, -0.2) is 0 Å². The lowest BCUT2D eigenvalue weighted by Gasteiger charge is -2.40. The molecule has 0 amide bonds. The Hall–Kier alpha value is 0.590. The van der Waals surface area contributed by atoms with Gasteiger partial charge < -0.3 is 9.05 Å². The highest BCUT2D eigenvalue weighted by molar-refractivity contribution is 8.35. The van der Waals surface area contributed by atoms with Gasteiger partial charge >= 0.3 is 7.60 Å². The van der Waals surface area contributed by atoms with Gasteiger partial charge in [0.15, 0.2) is 3.94 Å². The van der Waals surface area contributed by atoms with Crippen molar-refractivity contribution in [2.24, 2.45) is 35.5 Å². The van der Waals surface area contributed by atoms with Crippen molar-refractivity contribution in [3.8, 4) is 0 Å². The van der Waals surface area contributed by atoms with E-state index in [0.717, 1.165) is 25.7 Å². The van der Waals surface area contributed by atoms with Gasteiger partial charge in [-0.2, -0.15) is 0 Å². The van der Waals surface area contributed by atoms with Gasteiger partial charge in [0, 0.05) is 0 Å². The first-order valence-electron chi connectivity index (χ1n) is 11.1. The monoisotopic (exact) mass is 448 g/mol. The predicted molar refractivity (Wildman–Crippen MR) is 126 cm³/mol. The quantitative estimate of drug-likeness (QED) is 0.293. The van der Waals surface area contributed by atoms with E-state index in [1.54, 1.807) is 0 Å². The smallest absolute Gasteiger partial charge is 0.301 e. The molecule has 2 rings (SSSR count). The summed E-state index contributed by atoms with van der Waals surface area (Å²) in [6.07, 6.45) is 8.43. The lowest BCUT2D eigenvalue weighted by molar-refractivity contribution is 0.0143. The Labute approximate surface area is 183 Å². The molecule has 6 atom stereocenters. The fraction of sp³-hybridized carbons (Fsp3) is 0.955. The second kappa shape index (κ2) is 10.8. The zero-order valence-electron chi connectivity index (χ0n) is 18.8. The normalized spacial score (nSPS) is 36.5. The number of hydrogen-bond acceptors (Lipinski definition) is 5. The number of rotatable bonds is 7. The molecular weight excluding hydrogens is 407 g/mol. The topological polar surface area (TPSA) is 35.5 Å². The van der Waals surface area contributed by atoms with Crippen LogP contribution < -0.4 is 0 Å². The summed E-state index contributed by atoms with van der Waals surface area (Å²) in [7, 11) is -3.44. The van der Waals surface area contributed by atoms with Gasteiger partial charge in [-0.15, -0.1) is 11.8 Å². The average molecular weight is 449 g/mol. The Kier molecular flexibility index (Phi) is 9.55. The van der Waals surface area contributed by atoms with Gasteiger partial charge in [-0.3, -0.25) is 4.57 Å². The van der Waals surface area contributed by atoms with Gasteiger partial charge in [0.1, 0.15) is 0 Å². The van der Waals surface area contributed by atoms with Crippen molar-refractivity contribution in [3.63, 3.8) is 0 Å². The maximum atomic E-state index is 13.9. The Bertz CT molecular complexity index is 528. The maximum Gasteiger partial charge on any atom is 0.378 e. The molecule has 0 aromatic heterocycles. The van der Waals surface area contributed by atoms with Crippen molar-refractivity contribution in [2.75, 3.05) is 6.26 Å². The van der Waals surface area contributed by atoms with E-state index in [-0.39, 0.29) is 12.2 Å². The number of thiocarbonyl (C=S) groups is 1. The summed E-state index contributed by atoms with van der Waals surface area (Å²) in [6, 6.07) is 0. The minimum Gasteiger partial charge on any atom is -0.301 e. The van der Waals surface area contributed by atoms with Gasteiger partial charge in [-0.1, -0.05) is 53.8 Å². The first kappa shape index (κ1) is 24.9. The van der Waals surface area contributed by atoms with E-state index in [4.69, 9.17) is 21.3 Å². The molecule has 0 aromatic carbocycles. The lowest BCUT2D eigenvalue weighted by Crippen LogP contribution is -2.35. The highest BCUT2D eigenvalue weighted by atomic mass is 32.2. The third-order valence-corrected chi connectivity index (χ3v) is 11.4. The lowest BCUT2D eigenvalue weighted by atomic mass is 9.76. The highest BCUT2D eigenvalue weighted by Crippen LogP contribution is 2.59. The molecule has 0 spiro atoms. The number of hydrogen-bond donors (Lipinski definition) is 0. The van der Waals surface area contributed by atoms with Gasteiger partial charge in [0.2, 0.25) is 0 Å². The molecule has 3 nitrogen and oxygen atoms in total. The first-order chi connectivity index (χ1) is 13.1. The molecule has 0 bridgehead atoms. The molecule has 0 saturated heterocycles. The van der Waals surface area contributed by atoms with Crippen LogP contribution in [0, 0.1) is 35.5 Å². The van der Waals surface area contributed by atoms with Crippen LogP contribution in [0.15, 0.2) is 0 Å². The molecule has 0 radical (unpaired) electrons. The second-order valence-electron chi connectivity index (χ2n) is 9.84. The van der Waals surface area contributed by atoms with Crippen LogP contribution in [0.3, 0.4) is 0 Å². The minimum atomic E-state index is -3.44. The van der Waals surface area contributed by atoms with Crippen molar-refractivity contribution >= 4 is 35.5 Å². The third-order valence-electron chi connectivity index (χ3n) is 7.16. The summed E-state index contributed by atoms with van der Waals surface area (Å²) in [6.45, 7) is 13.5. The molecule has 6 unspecified atom stereocenters. The van der Waals surface area contributed by atoms with Crippen LogP contribution in [0.25, 0.3) is 0 Å². The Balaban J connectivity index is 2.16. The molecule has 28 heavy (non-hydrogen) atoms. The van der Waals surface area contributed by atoms with Crippen LogP contribution in [0.1, 0.15) is 80.1 Å². The molecule has 2 saturated carbocycles. The van der Waals surface area contributed by atoms with Gasteiger partial charge in [-0.05, 0) is 80.3 Å². The predicted octanol–water partition coefficient (Wildman–Crippen LogP) is 7.78. The molecule has 0 heterocycles. The van der Waals surface area contributed by atoms with E-state index in [1.807, 2.05) is 6.26 Å². The molecule has 2 aliphatic rings. The van der Waals surface area contributed by atoms with Crippen LogP contribution in [0.4, 0.5) is 0 Å². The average Bonchev–Trinajstić information content (AvgIpc) is 2.64. The molecule has 0 aromatic rings. The Morgan fingerprint density at radius 3 is 1.61 bits per heavy atom. The van der Waals surface area contributed by atoms with Crippen LogP contribution in [-0.4, -0.2) is 22.4 Å². The maximum absolute atomic E-state index is 13.9. The van der Waals surface area contributed by atoms with E-state index in [0.29, 0.717) is 39.4 Å². The van der Waals surface area contributed by atoms with Gasteiger partial charge in [0.05, 0.1) is 12.2 Å². The van der Waals surface area contributed by atoms with Crippen molar-refractivity contribution in [3.05, 3.63) is 0 Å². The van der Waals surface area contributed by atoms with E-state index in [1.165, 1.54) is 24.6 Å². The van der Waals surface area contributed by atoms with Crippen molar-refractivity contribution in [2.45, 2.75) is 92.3 Å². The molecule has 0 aliphatic heterocycles. The van der Waals surface area contributed by atoms with Crippen LogP contribution >= 0.6 is 31.6 Å². The third kappa shape index (κ3) is 6.30. The van der Waals surface area contributed by atoms with E-state index >= 15 is 0 Å². The van der Waals surface area contributed by atoms with Crippen LogP contribution in [-0.2, 0) is 13.6 Å². The van der Waals surface area contributed by atoms with Crippen molar-refractivity contribution in [1.82, 2.24) is 0 Å². The minimum absolute atomic E-state index is 0.0307. The second-order valence-corrected chi connectivity index (χ2v) is 13.8. The molecular formula is C22H41O3PS2. The molecule has 2 aliphatic carbocycles. The number of thioether (sulfide) groups is 1. The zero-order valence-corrected chi connectivity index (χ0v) is 21.4. The summed E-state index contributed by atoms with van der Waals surface area (Å²) in [5.74, 6) is 3.27. The summed E-state index contributed by atoms with van der Waals surface area (Å²) < 4.78 is 27.0. The van der Waals surface area contributed by atoms with Gasteiger partial charge in [0.25, 0.3) is 0 Å². The molecule has 0 N–H and O–H groups in total. The van der Waals surface area contributed by atoms with E-state index in [2.05, 4.69) is 41.5 Å². The Morgan fingerprint density at radius 2 is 1.29 bits per heavy atom. The molecule has 6 heteroatoms. The molecule has 2 fully saturated rings. The largest absolute Gasteiger partial charge is 0.378 e. The van der Waals surface area contributed by atoms with Crippen molar-refractivity contribution in [1.29, 1.82) is 0 Å². The van der Waals surface area contributed by atoms with E-state index in [9.17, 15) is 4.57 Å². The first-order valence-corrected chi connectivity index (χ1v) is 14.3. The Morgan fingerprint density at radius 1 is 0.893 bits per heavy atom. The SMILES string of the molecule is CSC(=S)P(=O)(OC1CC(C(C)C)CCC1C)OC1CC(C(C)C)CCC1C. The van der Waals surface area contributed by atoms with E-state index < -0.39 is 7.60 Å². The van der Waals surface area contributed by atoms with Crippen LogP contribution in [0.5, 0.6) is 0 Å². The fourth-order valence-corrected chi connectivity index (χ4v) is 7.64. The van der Waals surface area contributed by atoms with Crippen molar-refractivity contribution < 1.29 is 13.6 Å². The fourth-order valence-electron chi connectivity index (χ4n) is 4.71. The molecule has 164 valence electrons. The van der Waals surface area contributed by atoms with Crippen LogP contribution in [0.2, 0.25) is 0 Å². The summed E-state index contributed by atoms with van der Waals surface area (Å²) in [4.78, 5) is 0. The highest BCUT2D eigenvalue weighted by Gasteiger charge is 2.43.